The lowest BCUT2D eigenvalue weighted by Gasteiger charge is -2.40. The third-order valence-electron chi connectivity index (χ3n) is 6.08. The zero-order chi connectivity index (χ0) is 22.1. The van der Waals surface area contributed by atoms with E-state index in [1.165, 1.54) is 12.1 Å². The number of aliphatic hydroxyl groups excluding tert-OH is 4. The molecule has 0 aromatic heterocycles. The molecule has 6 nitrogen and oxygen atoms in total. The molecule has 1 saturated carbocycles. The summed E-state index contributed by atoms with van der Waals surface area (Å²) in [6, 6.07) is 11.6. The lowest BCUT2D eigenvalue weighted by atomic mass is 9.73. The third-order valence-corrected chi connectivity index (χ3v) is 6.41. The standard InChI is InChI=1S/C23H29ClO6/c1-2-3-13-4-7-16(8-5-13)23(29,30)18-11-14(6-9-19(18)24)17-10-15(12-25)20(26)22(28)21(17)27/h4-9,11,15,17,20-22,25-30H,2-3,10,12H2,1H3. The molecule has 1 aliphatic carbocycles. The molecule has 6 N–H and O–H groups in total. The van der Waals surface area contributed by atoms with E-state index in [4.69, 9.17) is 11.6 Å². The van der Waals surface area contributed by atoms with E-state index in [1.807, 2.05) is 12.1 Å². The molecule has 2 aromatic rings. The Morgan fingerprint density at radius 2 is 1.63 bits per heavy atom. The van der Waals surface area contributed by atoms with Crippen molar-refractivity contribution in [2.75, 3.05) is 6.61 Å². The smallest absolute Gasteiger partial charge is 0.218 e. The van der Waals surface area contributed by atoms with Crippen molar-refractivity contribution in [1.29, 1.82) is 0 Å². The van der Waals surface area contributed by atoms with Crippen molar-refractivity contribution in [3.8, 4) is 0 Å². The number of hydrogen-bond donors (Lipinski definition) is 6. The third kappa shape index (κ3) is 4.41. The van der Waals surface area contributed by atoms with Gasteiger partial charge in [0.05, 0.1) is 12.2 Å². The van der Waals surface area contributed by atoms with Gasteiger partial charge in [-0.05, 0) is 36.1 Å². The van der Waals surface area contributed by atoms with Gasteiger partial charge in [-0.25, -0.2) is 0 Å². The van der Waals surface area contributed by atoms with Gasteiger partial charge in [-0.15, -0.1) is 0 Å². The van der Waals surface area contributed by atoms with Crippen molar-refractivity contribution in [3.05, 3.63) is 69.7 Å². The molecule has 0 spiro atoms. The van der Waals surface area contributed by atoms with Crippen LogP contribution in [0.15, 0.2) is 42.5 Å². The first-order chi connectivity index (χ1) is 14.2. The van der Waals surface area contributed by atoms with Crippen LogP contribution in [0.4, 0.5) is 0 Å². The fourth-order valence-electron chi connectivity index (χ4n) is 4.23. The maximum atomic E-state index is 10.9. The van der Waals surface area contributed by atoms with Gasteiger partial charge in [-0.1, -0.05) is 55.3 Å². The molecule has 7 heteroatoms. The van der Waals surface area contributed by atoms with E-state index >= 15 is 0 Å². The zero-order valence-electron chi connectivity index (χ0n) is 16.8. The number of rotatable bonds is 6. The van der Waals surface area contributed by atoms with E-state index in [9.17, 15) is 30.6 Å². The second kappa shape index (κ2) is 9.32. The molecular weight excluding hydrogens is 408 g/mol. The van der Waals surface area contributed by atoms with Crippen molar-refractivity contribution < 1.29 is 30.6 Å². The molecule has 0 heterocycles. The van der Waals surface area contributed by atoms with Crippen LogP contribution in [-0.2, 0) is 12.2 Å². The number of halogens is 1. The Morgan fingerprint density at radius 3 is 2.23 bits per heavy atom. The summed E-state index contributed by atoms with van der Waals surface area (Å²) in [6.45, 7) is 1.73. The van der Waals surface area contributed by atoms with Crippen LogP contribution < -0.4 is 0 Å². The Labute approximate surface area is 181 Å². The Bertz CT molecular complexity index is 851. The fourth-order valence-corrected chi connectivity index (χ4v) is 4.48. The minimum absolute atomic E-state index is 0.0540. The van der Waals surface area contributed by atoms with Crippen LogP contribution in [0.1, 0.15) is 47.9 Å². The summed E-state index contributed by atoms with van der Waals surface area (Å²) in [6.07, 6.45) is -1.82. The van der Waals surface area contributed by atoms with E-state index in [1.54, 1.807) is 18.2 Å². The van der Waals surface area contributed by atoms with Gasteiger partial charge in [0, 0.05) is 34.6 Å². The largest absolute Gasteiger partial charge is 0.396 e. The molecule has 0 saturated heterocycles. The van der Waals surface area contributed by atoms with Crippen molar-refractivity contribution in [3.63, 3.8) is 0 Å². The van der Waals surface area contributed by atoms with Crippen LogP contribution >= 0.6 is 11.6 Å². The summed E-state index contributed by atoms with van der Waals surface area (Å²) >= 11 is 6.28. The van der Waals surface area contributed by atoms with Crippen molar-refractivity contribution in [2.24, 2.45) is 5.92 Å². The van der Waals surface area contributed by atoms with E-state index in [0.717, 1.165) is 18.4 Å². The van der Waals surface area contributed by atoms with Gasteiger partial charge < -0.3 is 30.6 Å². The summed E-state index contributed by atoms with van der Waals surface area (Å²) in [5, 5.41) is 62.2. The number of benzene rings is 2. The zero-order valence-corrected chi connectivity index (χ0v) is 17.6. The van der Waals surface area contributed by atoms with Crippen LogP contribution in [0.2, 0.25) is 5.02 Å². The molecule has 0 radical (unpaired) electrons. The average Bonchev–Trinajstić information content (AvgIpc) is 2.73. The SMILES string of the molecule is CCCc1ccc(C(O)(O)c2cc(C3CC(CO)C(O)C(O)C3O)ccc2Cl)cc1. The van der Waals surface area contributed by atoms with Gasteiger partial charge in [-0.2, -0.15) is 0 Å². The number of aryl methyl sites for hydroxylation is 1. The van der Waals surface area contributed by atoms with Gasteiger partial charge in [0.1, 0.15) is 6.10 Å². The highest BCUT2D eigenvalue weighted by Crippen LogP contribution is 2.40. The van der Waals surface area contributed by atoms with Crippen LogP contribution in [0.5, 0.6) is 0 Å². The fraction of sp³-hybridized carbons (Fsp3) is 0.478. The highest BCUT2D eigenvalue weighted by atomic mass is 35.5. The molecular formula is C23H29ClO6. The summed E-state index contributed by atoms with van der Waals surface area (Å²) in [5.74, 6) is -3.57. The molecule has 1 aliphatic rings. The molecule has 30 heavy (non-hydrogen) atoms. The van der Waals surface area contributed by atoms with Crippen molar-refractivity contribution in [1.82, 2.24) is 0 Å². The predicted octanol–water partition coefficient (Wildman–Crippen LogP) is 1.66. The Kier molecular flexibility index (Phi) is 7.20. The second-order valence-electron chi connectivity index (χ2n) is 8.12. The molecule has 0 bridgehead atoms. The first-order valence-corrected chi connectivity index (χ1v) is 10.6. The van der Waals surface area contributed by atoms with Gasteiger partial charge >= 0.3 is 0 Å². The summed E-state index contributed by atoms with van der Waals surface area (Å²) in [4.78, 5) is 0. The van der Waals surface area contributed by atoms with Crippen LogP contribution in [-0.4, -0.2) is 55.6 Å². The molecule has 1 fully saturated rings. The van der Waals surface area contributed by atoms with Gasteiger partial charge in [0.25, 0.3) is 0 Å². The first-order valence-electron chi connectivity index (χ1n) is 10.2. The minimum Gasteiger partial charge on any atom is -0.396 e. The molecule has 0 amide bonds. The van der Waals surface area contributed by atoms with Crippen LogP contribution in [0, 0.1) is 5.92 Å². The highest BCUT2D eigenvalue weighted by Gasteiger charge is 2.43. The topological polar surface area (TPSA) is 121 Å². The molecule has 5 unspecified atom stereocenters. The van der Waals surface area contributed by atoms with Gasteiger partial charge in [0.2, 0.25) is 5.79 Å². The van der Waals surface area contributed by atoms with E-state index < -0.39 is 35.9 Å². The Hall–Kier alpha value is -1.51. The quantitative estimate of drug-likeness (QED) is 0.383. The normalized spacial score (nSPS) is 27.3. The number of hydrogen-bond acceptors (Lipinski definition) is 6. The Balaban J connectivity index is 1.96. The molecule has 164 valence electrons. The maximum Gasteiger partial charge on any atom is 0.218 e. The van der Waals surface area contributed by atoms with Crippen LogP contribution in [0.25, 0.3) is 0 Å². The van der Waals surface area contributed by atoms with E-state index in [0.29, 0.717) is 5.56 Å². The predicted molar refractivity (Wildman–Crippen MR) is 113 cm³/mol. The molecule has 0 aliphatic heterocycles. The highest BCUT2D eigenvalue weighted by molar-refractivity contribution is 6.31. The van der Waals surface area contributed by atoms with Gasteiger partial charge in [-0.3, -0.25) is 0 Å². The lowest BCUT2D eigenvalue weighted by Crippen LogP contribution is -2.51. The van der Waals surface area contributed by atoms with Crippen molar-refractivity contribution in [2.45, 2.75) is 56.2 Å². The molecule has 3 rings (SSSR count). The summed E-state index contributed by atoms with van der Waals surface area (Å²) in [5.41, 5.74) is 1.93. The minimum atomic E-state index is -2.36. The maximum absolute atomic E-state index is 10.9. The van der Waals surface area contributed by atoms with Crippen molar-refractivity contribution >= 4 is 11.6 Å². The van der Waals surface area contributed by atoms with Crippen LogP contribution in [0.3, 0.4) is 0 Å². The van der Waals surface area contributed by atoms with E-state index in [-0.39, 0.29) is 29.2 Å². The summed E-state index contributed by atoms with van der Waals surface area (Å²) < 4.78 is 0. The molecule has 2 aromatic carbocycles. The van der Waals surface area contributed by atoms with Gasteiger partial charge in [0.15, 0.2) is 0 Å². The average molecular weight is 437 g/mol. The first kappa shape index (κ1) is 23.2. The second-order valence-corrected chi connectivity index (χ2v) is 8.52. The van der Waals surface area contributed by atoms with E-state index in [2.05, 4.69) is 6.92 Å². The lowest BCUT2D eigenvalue weighted by molar-refractivity contribution is -0.133. The monoisotopic (exact) mass is 436 g/mol. The summed E-state index contributed by atoms with van der Waals surface area (Å²) in [7, 11) is 0. The number of aliphatic hydroxyl groups is 6. The Morgan fingerprint density at radius 1 is 0.967 bits per heavy atom. The molecule has 5 atom stereocenters.